The van der Waals surface area contributed by atoms with Crippen LogP contribution in [-0.2, 0) is 4.79 Å². The van der Waals surface area contributed by atoms with Gasteiger partial charge in [0.1, 0.15) is 6.04 Å². The van der Waals surface area contributed by atoms with Crippen LogP contribution in [0.1, 0.15) is 37.0 Å². The lowest BCUT2D eigenvalue weighted by molar-refractivity contribution is -0.123. The standard InChI is InChI=1S/C15H20Cl2N2O3/c1-3-5-10(20)8-18-14(21)9(2)19-15(22)11-6-4-7-12(16)13(11)17/h4,6-7,9-10,20H,3,5,8H2,1-2H3,(H,18,21)(H,19,22). The predicted molar refractivity (Wildman–Crippen MR) is 87.3 cm³/mol. The van der Waals surface area contributed by atoms with E-state index in [0.717, 1.165) is 6.42 Å². The number of benzene rings is 1. The lowest BCUT2D eigenvalue weighted by atomic mass is 10.2. The third-order valence-electron chi connectivity index (χ3n) is 3.07. The van der Waals surface area contributed by atoms with Crippen LogP contribution >= 0.6 is 23.2 Å². The topological polar surface area (TPSA) is 78.4 Å². The molecule has 1 aromatic carbocycles. The van der Waals surface area contributed by atoms with Crippen molar-refractivity contribution in [3.8, 4) is 0 Å². The predicted octanol–water partition coefficient (Wildman–Crippen LogP) is 2.39. The summed E-state index contributed by atoms with van der Waals surface area (Å²) < 4.78 is 0. The zero-order valence-corrected chi connectivity index (χ0v) is 14.0. The van der Waals surface area contributed by atoms with E-state index in [9.17, 15) is 14.7 Å². The Labute approximate surface area is 140 Å². The molecule has 3 N–H and O–H groups in total. The molecule has 0 fully saturated rings. The van der Waals surface area contributed by atoms with Gasteiger partial charge in [-0.25, -0.2) is 0 Å². The number of aliphatic hydroxyl groups excluding tert-OH is 1. The summed E-state index contributed by atoms with van der Waals surface area (Å²) in [6, 6.07) is 3.96. The first-order valence-electron chi connectivity index (χ1n) is 7.07. The van der Waals surface area contributed by atoms with E-state index in [4.69, 9.17) is 23.2 Å². The summed E-state index contributed by atoms with van der Waals surface area (Å²) in [5, 5.41) is 15.1. The van der Waals surface area contributed by atoms with Crippen LogP contribution < -0.4 is 10.6 Å². The second-order valence-corrected chi connectivity index (χ2v) is 5.77. The van der Waals surface area contributed by atoms with Crippen molar-refractivity contribution in [3.05, 3.63) is 33.8 Å². The van der Waals surface area contributed by atoms with Crippen molar-refractivity contribution in [3.63, 3.8) is 0 Å². The van der Waals surface area contributed by atoms with Gasteiger partial charge in [-0.3, -0.25) is 9.59 Å². The van der Waals surface area contributed by atoms with Crippen LogP contribution in [0.3, 0.4) is 0 Å². The third kappa shape index (κ3) is 5.48. The number of rotatable bonds is 7. The van der Waals surface area contributed by atoms with Crippen molar-refractivity contribution >= 4 is 35.0 Å². The SMILES string of the molecule is CCCC(O)CNC(=O)C(C)NC(=O)c1cccc(Cl)c1Cl. The lowest BCUT2D eigenvalue weighted by Crippen LogP contribution is -2.46. The van der Waals surface area contributed by atoms with Gasteiger partial charge in [-0.05, 0) is 25.5 Å². The fourth-order valence-corrected chi connectivity index (χ4v) is 2.21. The molecule has 2 atom stereocenters. The quantitative estimate of drug-likeness (QED) is 0.709. The number of carbonyl (C=O) groups excluding carboxylic acids is 2. The molecule has 2 amide bonds. The molecule has 0 aliphatic rings. The zero-order chi connectivity index (χ0) is 16.7. The van der Waals surface area contributed by atoms with E-state index in [0.29, 0.717) is 6.42 Å². The molecule has 0 spiro atoms. The second kappa shape index (κ2) is 8.98. The molecule has 5 nitrogen and oxygen atoms in total. The lowest BCUT2D eigenvalue weighted by Gasteiger charge is -2.16. The molecule has 1 aromatic rings. The van der Waals surface area contributed by atoms with Gasteiger partial charge in [-0.2, -0.15) is 0 Å². The Bertz CT molecular complexity index is 538. The molecule has 0 saturated heterocycles. The van der Waals surface area contributed by atoms with Crippen LogP contribution in [-0.4, -0.2) is 35.6 Å². The van der Waals surface area contributed by atoms with Crippen molar-refractivity contribution in [1.82, 2.24) is 10.6 Å². The summed E-state index contributed by atoms with van der Waals surface area (Å²) in [6.45, 7) is 3.66. The van der Waals surface area contributed by atoms with Crippen LogP contribution in [0.5, 0.6) is 0 Å². The van der Waals surface area contributed by atoms with E-state index >= 15 is 0 Å². The Morgan fingerprint density at radius 2 is 2.00 bits per heavy atom. The highest BCUT2D eigenvalue weighted by Gasteiger charge is 2.19. The van der Waals surface area contributed by atoms with Crippen LogP contribution in [0.2, 0.25) is 10.0 Å². The first-order valence-corrected chi connectivity index (χ1v) is 7.83. The molecule has 22 heavy (non-hydrogen) atoms. The average Bonchev–Trinajstić information content (AvgIpc) is 2.47. The minimum Gasteiger partial charge on any atom is -0.391 e. The molecule has 7 heteroatoms. The van der Waals surface area contributed by atoms with E-state index in [-0.39, 0.29) is 28.1 Å². The van der Waals surface area contributed by atoms with Crippen molar-refractivity contribution in [2.24, 2.45) is 0 Å². The van der Waals surface area contributed by atoms with E-state index in [2.05, 4.69) is 10.6 Å². The Morgan fingerprint density at radius 1 is 1.32 bits per heavy atom. The minimum atomic E-state index is -0.753. The summed E-state index contributed by atoms with van der Waals surface area (Å²) in [5.74, 6) is -0.856. The van der Waals surface area contributed by atoms with E-state index in [1.165, 1.54) is 6.07 Å². The molecule has 0 aliphatic carbocycles. The molecule has 0 radical (unpaired) electrons. The number of hydrogen-bond acceptors (Lipinski definition) is 3. The van der Waals surface area contributed by atoms with Gasteiger partial charge in [0.2, 0.25) is 5.91 Å². The van der Waals surface area contributed by atoms with Gasteiger partial charge in [-0.1, -0.05) is 42.6 Å². The molecule has 122 valence electrons. The van der Waals surface area contributed by atoms with Gasteiger partial charge < -0.3 is 15.7 Å². The summed E-state index contributed by atoms with van der Waals surface area (Å²) in [7, 11) is 0. The molecule has 0 aromatic heterocycles. The summed E-state index contributed by atoms with van der Waals surface area (Å²) in [5.41, 5.74) is 0.208. The maximum atomic E-state index is 12.1. The third-order valence-corrected chi connectivity index (χ3v) is 3.89. The van der Waals surface area contributed by atoms with Gasteiger partial charge in [0, 0.05) is 6.54 Å². The first kappa shape index (κ1) is 18.7. The van der Waals surface area contributed by atoms with Gasteiger partial charge in [0.05, 0.1) is 21.7 Å². The largest absolute Gasteiger partial charge is 0.391 e. The number of hydrogen-bond donors (Lipinski definition) is 3. The first-order chi connectivity index (χ1) is 10.4. The minimum absolute atomic E-state index is 0.146. The number of aliphatic hydroxyl groups is 1. The van der Waals surface area contributed by atoms with Crippen molar-refractivity contribution in [1.29, 1.82) is 0 Å². The Balaban J connectivity index is 2.56. The van der Waals surface area contributed by atoms with Crippen molar-refractivity contribution in [2.75, 3.05) is 6.54 Å². The average molecular weight is 347 g/mol. The summed E-state index contributed by atoms with van der Waals surface area (Å²) in [6.07, 6.45) is 0.856. The molecule has 2 unspecified atom stereocenters. The zero-order valence-electron chi connectivity index (χ0n) is 12.5. The Hall–Kier alpha value is -1.30. The molecule has 0 heterocycles. The summed E-state index contributed by atoms with van der Waals surface area (Å²) >= 11 is 11.8. The fourth-order valence-electron chi connectivity index (χ4n) is 1.83. The molecule has 1 rings (SSSR count). The van der Waals surface area contributed by atoms with Crippen LogP contribution in [0.25, 0.3) is 0 Å². The molecule has 0 aliphatic heterocycles. The maximum Gasteiger partial charge on any atom is 0.253 e. The van der Waals surface area contributed by atoms with E-state index in [1.54, 1.807) is 19.1 Å². The molecule has 0 saturated carbocycles. The van der Waals surface area contributed by atoms with Gasteiger partial charge in [0.15, 0.2) is 0 Å². The molecule has 0 bridgehead atoms. The normalized spacial score (nSPS) is 13.3. The van der Waals surface area contributed by atoms with Gasteiger partial charge in [-0.15, -0.1) is 0 Å². The van der Waals surface area contributed by atoms with Crippen LogP contribution in [0.15, 0.2) is 18.2 Å². The second-order valence-electron chi connectivity index (χ2n) is 4.98. The van der Waals surface area contributed by atoms with Crippen LogP contribution in [0.4, 0.5) is 0 Å². The number of carbonyl (C=O) groups is 2. The van der Waals surface area contributed by atoms with Gasteiger partial charge >= 0.3 is 0 Å². The fraction of sp³-hybridized carbons (Fsp3) is 0.467. The van der Waals surface area contributed by atoms with E-state index < -0.39 is 18.1 Å². The van der Waals surface area contributed by atoms with Crippen molar-refractivity contribution < 1.29 is 14.7 Å². The number of amides is 2. The highest BCUT2D eigenvalue weighted by molar-refractivity contribution is 6.43. The van der Waals surface area contributed by atoms with E-state index in [1.807, 2.05) is 6.92 Å². The highest BCUT2D eigenvalue weighted by atomic mass is 35.5. The Kier molecular flexibility index (Phi) is 7.65. The maximum absolute atomic E-state index is 12.1. The van der Waals surface area contributed by atoms with Gasteiger partial charge in [0.25, 0.3) is 5.91 Å². The van der Waals surface area contributed by atoms with Crippen molar-refractivity contribution in [2.45, 2.75) is 38.8 Å². The molecular formula is C15H20Cl2N2O3. The number of halogens is 2. The summed E-state index contributed by atoms with van der Waals surface area (Å²) in [4.78, 5) is 24.0. The van der Waals surface area contributed by atoms with Crippen LogP contribution in [0, 0.1) is 0 Å². The molecular weight excluding hydrogens is 327 g/mol. The monoisotopic (exact) mass is 346 g/mol. The Morgan fingerprint density at radius 3 is 2.64 bits per heavy atom. The highest BCUT2D eigenvalue weighted by Crippen LogP contribution is 2.25. The smallest absolute Gasteiger partial charge is 0.253 e. The number of nitrogens with one attached hydrogen (secondary N) is 2.